The van der Waals surface area contributed by atoms with E-state index < -0.39 is 0 Å². The van der Waals surface area contributed by atoms with Gasteiger partial charge in [0.15, 0.2) is 0 Å². The molecule has 1 rings (SSSR count). The predicted molar refractivity (Wildman–Crippen MR) is 37.9 cm³/mol. The number of nitrogens with zero attached hydrogens (tertiary/aromatic N) is 1. The van der Waals surface area contributed by atoms with Gasteiger partial charge in [-0.15, -0.1) is 0 Å². The number of hydrogen-bond donors (Lipinski definition) is 1. The third-order valence-corrected chi connectivity index (χ3v) is 1.26. The molecular formula is C7H7NO3. The maximum atomic E-state index is 11.1. The van der Waals surface area contributed by atoms with Crippen molar-refractivity contribution in [3.8, 4) is 0 Å². The molecule has 0 bridgehead atoms. The highest BCUT2D eigenvalue weighted by molar-refractivity contribution is 6.44. The smallest absolute Gasteiger partial charge is 0.213 e. The number of ketones is 1. The van der Waals surface area contributed by atoms with E-state index in [9.17, 15) is 4.79 Å². The molecule has 0 aliphatic heterocycles. The van der Waals surface area contributed by atoms with E-state index in [1.807, 2.05) is 0 Å². The molecule has 1 heterocycles. The predicted octanol–water partition coefficient (Wildman–Crippen LogP) is 1.31. The summed E-state index contributed by atoms with van der Waals surface area (Å²) in [4.78, 5) is 11.1. The third kappa shape index (κ3) is 1.46. The Morgan fingerprint density at radius 2 is 2.45 bits per heavy atom. The molecule has 0 unspecified atom stereocenters. The van der Waals surface area contributed by atoms with Gasteiger partial charge in [-0.2, -0.15) is 0 Å². The van der Waals surface area contributed by atoms with E-state index in [0.29, 0.717) is 5.56 Å². The van der Waals surface area contributed by atoms with E-state index in [1.54, 1.807) is 0 Å². The molecule has 1 N–H and O–H groups in total. The Balaban J connectivity index is 2.87. The van der Waals surface area contributed by atoms with Crippen molar-refractivity contribution < 1.29 is 14.4 Å². The van der Waals surface area contributed by atoms with Crippen LogP contribution in [0.4, 0.5) is 0 Å². The molecule has 0 saturated heterocycles. The van der Waals surface area contributed by atoms with E-state index in [2.05, 4.69) is 9.57 Å². The number of carbonyl (C=O) groups is 1. The van der Waals surface area contributed by atoms with Crippen molar-refractivity contribution >= 4 is 11.5 Å². The first kappa shape index (κ1) is 7.53. The Morgan fingerprint density at radius 1 is 1.73 bits per heavy atom. The van der Waals surface area contributed by atoms with Gasteiger partial charge in [0.2, 0.25) is 5.78 Å². The van der Waals surface area contributed by atoms with Crippen molar-refractivity contribution in [2.45, 2.75) is 6.92 Å². The molecule has 4 heteroatoms. The lowest BCUT2D eigenvalue weighted by Crippen LogP contribution is -2.08. The van der Waals surface area contributed by atoms with E-state index in [4.69, 9.17) is 5.21 Å². The lowest BCUT2D eigenvalue weighted by molar-refractivity contribution is 0.106. The minimum atomic E-state index is -0.332. The van der Waals surface area contributed by atoms with Crippen molar-refractivity contribution in [3.05, 3.63) is 24.2 Å². The van der Waals surface area contributed by atoms with Crippen LogP contribution in [-0.2, 0) is 0 Å². The molecule has 1 aromatic rings. The van der Waals surface area contributed by atoms with Gasteiger partial charge >= 0.3 is 0 Å². The molecule has 11 heavy (non-hydrogen) atoms. The summed E-state index contributed by atoms with van der Waals surface area (Å²) in [6, 6.07) is 1.51. The van der Waals surface area contributed by atoms with Gasteiger partial charge in [0.1, 0.15) is 12.0 Å². The van der Waals surface area contributed by atoms with Crippen LogP contribution in [0.25, 0.3) is 0 Å². The fraction of sp³-hybridized carbons (Fsp3) is 0.143. The molecule has 0 aliphatic carbocycles. The van der Waals surface area contributed by atoms with Crippen LogP contribution >= 0.6 is 0 Å². The second kappa shape index (κ2) is 3.01. The zero-order chi connectivity index (χ0) is 8.27. The number of hydrogen-bond acceptors (Lipinski definition) is 4. The van der Waals surface area contributed by atoms with Crippen LogP contribution in [0.15, 0.2) is 28.2 Å². The summed E-state index contributed by atoms with van der Waals surface area (Å²) in [6.07, 6.45) is 2.69. The number of carbonyl (C=O) groups excluding carboxylic acids is 1. The van der Waals surface area contributed by atoms with Gasteiger partial charge in [-0.1, -0.05) is 5.16 Å². The highest BCUT2D eigenvalue weighted by Crippen LogP contribution is 2.01. The molecule has 0 radical (unpaired) electrons. The number of furan rings is 1. The Bertz CT molecular complexity index is 274. The fourth-order valence-electron chi connectivity index (χ4n) is 0.648. The second-order valence-corrected chi connectivity index (χ2v) is 2.03. The Labute approximate surface area is 63.1 Å². The number of oxime groups is 1. The van der Waals surface area contributed by atoms with Gasteiger partial charge in [0.05, 0.1) is 11.8 Å². The van der Waals surface area contributed by atoms with Gasteiger partial charge in [-0.25, -0.2) is 0 Å². The summed E-state index contributed by atoms with van der Waals surface area (Å²) < 4.78 is 4.67. The SMILES string of the molecule is CC(=NO)C(=O)c1ccoc1. The Hall–Kier alpha value is -1.58. The largest absolute Gasteiger partial charge is 0.472 e. The van der Waals surface area contributed by atoms with Crippen LogP contribution in [0.3, 0.4) is 0 Å². The fourth-order valence-corrected chi connectivity index (χ4v) is 0.648. The maximum Gasteiger partial charge on any atom is 0.213 e. The highest BCUT2D eigenvalue weighted by atomic mass is 16.4. The Kier molecular flexibility index (Phi) is 2.06. The average Bonchev–Trinajstić information content (AvgIpc) is 2.53. The van der Waals surface area contributed by atoms with E-state index in [0.717, 1.165) is 0 Å². The molecule has 0 spiro atoms. The van der Waals surface area contributed by atoms with Gasteiger partial charge in [-0.05, 0) is 13.0 Å². The lowest BCUT2D eigenvalue weighted by Gasteiger charge is -1.90. The Morgan fingerprint density at radius 3 is 2.91 bits per heavy atom. The lowest BCUT2D eigenvalue weighted by atomic mass is 10.1. The van der Waals surface area contributed by atoms with Crippen molar-refractivity contribution in [2.24, 2.45) is 5.16 Å². The zero-order valence-electron chi connectivity index (χ0n) is 5.94. The van der Waals surface area contributed by atoms with E-state index in [1.165, 1.54) is 25.5 Å². The number of rotatable bonds is 2. The normalized spacial score (nSPS) is 11.5. The molecule has 58 valence electrons. The summed E-state index contributed by atoms with van der Waals surface area (Å²) in [6.45, 7) is 1.43. The van der Waals surface area contributed by atoms with Crippen LogP contribution < -0.4 is 0 Å². The van der Waals surface area contributed by atoms with Crippen LogP contribution in [0.1, 0.15) is 17.3 Å². The molecule has 4 nitrogen and oxygen atoms in total. The standard InChI is InChI=1S/C7H7NO3/c1-5(8-10)7(9)6-2-3-11-4-6/h2-4,10H,1H3. The van der Waals surface area contributed by atoms with Gasteiger partial charge in [0, 0.05) is 0 Å². The van der Waals surface area contributed by atoms with Crippen LogP contribution in [0.5, 0.6) is 0 Å². The molecule has 0 aliphatic rings. The average molecular weight is 153 g/mol. The van der Waals surface area contributed by atoms with Crippen molar-refractivity contribution in [1.29, 1.82) is 0 Å². The molecule has 1 aromatic heterocycles. The van der Waals surface area contributed by atoms with Gasteiger partial charge in [0.25, 0.3) is 0 Å². The summed E-state index contributed by atoms with van der Waals surface area (Å²) in [5, 5.41) is 11.0. The first-order valence-electron chi connectivity index (χ1n) is 3.01. The third-order valence-electron chi connectivity index (χ3n) is 1.26. The highest BCUT2D eigenvalue weighted by Gasteiger charge is 2.10. The second-order valence-electron chi connectivity index (χ2n) is 2.03. The minimum absolute atomic E-state index is 0.0476. The van der Waals surface area contributed by atoms with Crippen molar-refractivity contribution in [2.75, 3.05) is 0 Å². The molecule has 0 amide bonds. The van der Waals surface area contributed by atoms with Crippen molar-refractivity contribution in [3.63, 3.8) is 0 Å². The van der Waals surface area contributed by atoms with E-state index >= 15 is 0 Å². The monoisotopic (exact) mass is 153 g/mol. The molecule has 0 aromatic carbocycles. The first-order chi connectivity index (χ1) is 5.25. The topological polar surface area (TPSA) is 62.8 Å². The number of Topliss-reactive ketones (excluding diaryl/α,β-unsaturated/α-hetero) is 1. The maximum absolute atomic E-state index is 11.1. The zero-order valence-corrected chi connectivity index (χ0v) is 5.94. The van der Waals surface area contributed by atoms with Crippen LogP contribution in [0, 0.1) is 0 Å². The van der Waals surface area contributed by atoms with Gasteiger partial charge < -0.3 is 9.62 Å². The quantitative estimate of drug-likeness (QED) is 0.301. The van der Waals surface area contributed by atoms with Crippen LogP contribution in [-0.4, -0.2) is 16.7 Å². The van der Waals surface area contributed by atoms with E-state index in [-0.39, 0.29) is 11.5 Å². The first-order valence-corrected chi connectivity index (χ1v) is 3.01. The molecule has 0 atom stereocenters. The summed E-state index contributed by atoms with van der Waals surface area (Å²) >= 11 is 0. The molecule has 0 saturated carbocycles. The summed E-state index contributed by atoms with van der Waals surface area (Å²) in [5.41, 5.74) is 0.437. The van der Waals surface area contributed by atoms with Crippen LogP contribution in [0.2, 0.25) is 0 Å². The van der Waals surface area contributed by atoms with Crippen molar-refractivity contribution in [1.82, 2.24) is 0 Å². The molecular weight excluding hydrogens is 146 g/mol. The summed E-state index contributed by atoms with van der Waals surface area (Å²) in [5.74, 6) is -0.332. The minimum Gasteiger partial charge on any atom is -0.472 e. The van der Waals surface area contributed by atoms with Gasteiger partial charge in [-0.3, -0.25) is 4.79 Å². The summed E-state index contributed by atoms with van der Waals surface area (Å²) in [7, 11) is 0. The molecule has 0 fully saturated rings.